The first-order valence-corrected chi connectivity index (χ1v) is 11.8. The highest BCUT2D eigenvalue weighted by Crippen LogP contribution is 2.28. The predicted octanol–water partition coefficient (Wildman–Crippen LogP) is 4.08. The van der Waals surface area contributed by atoms with Gasteiger partial charge in [-0.2, -0.15) is 5.10 Å². The van der Waals surface area contributed by atoms with Crippen molar-refractivity contribution in [2.45, 2.75) is 0 Å². The number of hydrogen-bond acceptors (Lipinski definition) is 9. The van der Waals surface area contributed by atoms with Crippen molar-refractivity contribution in [2.75, 3.05) is 42.3 Å². The van der Waals surface area contributed by atoms with E-state index >= 15 is 0 Å². The lowest BCUT2D eigenvalue weighted by Gasteiger charge is -2.28. The van der Waals surface area contributed by atoms with E-state index in [0.29, 0.717) is 16.6 Å². The van der Waals surface area contributed by atoms with Gasteiger partial charge in [0.15, 0.2) is 16.6 Å². The second-order valence-electron chi connectivity index (χ2n) is 7.91. The Labute approximate surface area is 199 Å². The van der Waals surface area contributed by atoms with Crippen molar-refractivity contribution in [2.24, 2.45) is 0 Å². The molecule has 0 radical (unpaired) electrons. The average Bonchev–Trinajstić information content (AvgIpc) is 3.55. The summed E-state index contributed by atoms with van der Waals surface area (Å²) >= 11 is 1.43. The van der Waals surface area contributed by atoms with E-state index in [1.807, 2.05) is 35.8 Å². The standard InChI is InChI=1S/C24H22N8OS/c25-24-30-20(14-34-24)16-1-3-17(4-2-16)21-13-26-22(23-27-15-28-32(21)23)29-18-5-7-19(8-6-18)31-9-11-33-12-10-31/h1-8,13-15H,9-12H2,(H2,25,30)(H,26,29). The van der Waals surface area contributed by atoms with Crippen LogP contribution in [0, 0.1) is 0 Å². The third-order valence-corrected chi connectivity index (χ3v) is 6.48. The maximum Gasteiger partial charge on any atom is 0.199 e. The number of rotatable bonds is 5. The Morgan fingerprint density at radius 1 is 0.941 bits per heavy atom. The van der Waals surface area contributed by atoms with Gasteiger partial charge in [0.05, 0.1) is 30.8 Å². The molecule has 0 saturated carbocycles. The molecule has 0 bridgehead atoms. The van der Waals surface area contributed by atoms with Crippen LogP contribution in [0.1, 0.15) is 0 Å². The van der Waals surface area contributed by atoms with E-state index in [-0.39, 0.29) is 0 Å². The fraction of sp³-hybridized carbons (Fsp3) is 0.167. The second kappa shape index (κ2) is 8.73. The Balaban J connectivity index is 1.25. The van der Waals surface area contributed by atoms with Crippen LogP contribution in [0.3, 0.4) is 0 Å². The first kappa shape index (κ1) is 20.6. The molecule has 0 unspecified atom stereocenters. The van der Waals surface area contributed by atoms with Gasteiger partial charge in [-0.05, 0) is 24.3 Å². The molecule has 170 valence electrons. The number of nitrogen functional groups attached to an aromatic ring is 1. The van der Waals surface area contributed by atoms with Gasteiger partial charge in [0, 0.05) is 41.0 Å². The SMILES string of the molecule is Nc1nc(-c2ccc(-c3cnc(Nc4ccc(N5CCOCC5)cc4)c4ncnn34)cc2)cs1. The number of nitrogens with one attached hydrogen (secondary N) is 1. The number of hydrogen-bond donors (Lipinski definition) is 2. The van der Waals surface area contributed by atoms with E-state index in [2.05, 4.69) is 54.5 Å². The van der Waals surface area contributed by atoms with Gasteiger partial charge in [0.25, 0.3) is 0 Å². The highest BCUT2D eigenvalue weighted by molar-refractivity contribution is 7.13. The number of thiazole rings is 1. The zero-order chi connectivity index (χ0) is 22.9. The van der Waals surface area contributed by atoms with Crippen LogP contribution < -0.4 is 16.0 Å². The Morgan fingerprint density at radius 2 is 1.71 bits per heavy atom. The molecule has 5 aromatic rings. The maximum absolute atomic E-state index is 5.77. The average molecular weight is 471 g/mol. The van der Waals surface area contributed by atoms with E-state index in [9.17, 15) is 0 Å². The van der Waals surface area contributed by atoms with E-state index in [4.69, 9.17) is 10.5 Å². The van der Waals surface area contributed by atoms with E-state index in [1.54, 1.807) is 10.8 Å². The lowest BCUT2D eigenvalue weighted by molar-refractivity contribution is 0.122. The summed E-state index contributed by atoms with van der Waals surface area (Å²) in [4.78, 5) is 15.8. The van der Waals surface area contributed by atoms with Crippen molar-refractivity contribution in [3.8, 4) is 22.5 Å². The third-order valence-electron chi connectivity index (χ3n) is 5.81. The fourth-order valence-electron chi connectivity index (χ4n) is 4.05. The second-order valence-corrected chi connectivity index (χ2v) is 8.80. The first-order valence-electron chi connectivity index (χ1n) is 10.9. The molecule has 0 aliphatic carbocycles. The monoisotopic (exact) mass is 470 g/mol. The quantitative estimate of drug-likeness (QED) is 0.396. The van der Waals surface area contributed by atoms with E-state index in [1.165, 1.54) is 17.0 Å². The lowest BCUT2D eigenvalue weighted by atomic mass is 10.1. The van der Waals surface area contributed by atoms with Crippen molar-refractivity contribution in [1.82, 2.24) is 24.6 Å². The van der Waals surface area contributed by atoms with Crippen molar-refractivity contribution in [3.63, 3.8) is 0 Å². The number of nitrogens with zero attached hydrogens (tertiary/aromatic N) is 6. The summed E-state index contributed by atoms with van der Waals surface area (Å²) in [6.45, 7) is 3.36. The molecule has 3 N–H and O–H groups in total. The van der Waals surface area contributed by atoms with Gasteiger partial charge in [-0.1, -0.05) is 24.3 Å². The normalized spacial score (nSPS) is 13.9. The van der Waals surface area contributed by atoms with Gasteiger partial charge >= 0.3 is 0 Å². The number of morpholine rings is 1. The molecule has 1 saturated heterocycles. The highest BCUT2D eigenvalue weighted by atomic mass is 32.1. The van der Waals surface area contributed by atoms with Gasteiger partial charge < -0.3 is 20.7 Å². The molecule has 2 aromatic carbocycles. The number of fused-ring (bicyclic) bond motifs is 1. The molecule has 1 aliphatic rings. The summed E-state index contributed by atoms with van der Waals surface area (Å²) in [5.41, 5.74) is 12.3. The topological polar surface area (TPSA) is 106 Å². The molecule has 0 amide bonds. The third kappa shape index (κ3) is 3.93. The lowest BCUT2D eigenvalue weighted by Crippen LogP contribution is -2.36. The zero-order valence-electron chi connectivity index (χ0n) is 18.3. The zero-order valence-corrected chi connectivity index (χ0v) is 19.1. The first-order chi connectivity index (χ1) is 16.7. The largest absolute Gasteiger partial charge is 0.378 e. The summed E-state index contributed by atoms with van der Waals surface area (Å²) < 4.78 is 7.24. The summed E-state index contributed by atoms with van der Waals surface area (Å²) in [5.74, 6) is 0.648. The van der Waals surface area contributed by atoms with E-state index in [0.717, 1.165) is 54.5 Å². The van der Waals surface area contributed by atoms with Gasteiger partial charge in [0.1, 0.15) is 6.33 Å². The van der Waals surface area contributed by atoms with Crippen molar-refractivity contribution >= 4 is 39.3 Å². The minimum absolute atomic E-state index is 0.562. The minimum atomic E-state index is 0.562. The molecule has 0 atom stereocenters. The van der Waals surface area contributed by atoms with Gasteiger partial charge in [-0.25, -0.2) is 19.5 Å². The van der Waals surface area contributed by atoms with Crippen LogP contribution in [0.2, 0.25) is 0 Å². The number of ether oxygens (including phenoxy) is 1. The predicted molar refractivity (Wildman–Crippen MR) is 134 cm³/mol. The van der Waals surface area contributed by atoms with Crippen LogP contribution in [-0.2, 0) is 4.74 Å². The van der Waals surface area contributed by atoms with E-state index < -0.39 is 0 Å². The molecule has 6 rings (SSSR count). The molecule has 4 heterocycles. The molecule has 1 fully saturated rings. The Hall–Kier alpha value is -4.02. The number of nitrogens with two attached hydrogens (primary N) is 1. The molecule has 3 aromatic heterocycles. The van der Waals surface area contributed by atoms with Gasteiger partial charge in [0.2, 0.25) is 0 Å². The maximum atomic E-state index is 5.77. The van der Waals surface area contributed by atoms with Crippen LogP contribution >= 0.6 is 11.3 Å². The van der Waals surface area contributed by atoms with Crippen molar-refractivity contribution < 1.29 is 4.74 Å². The molecule has 10 heteroatoms. The van der Waals surface area contributed by atoms with Crippen LogP contribution in [0.5, 0.6) is 0 Å². The highest BCUT2D eigenvalue weighted by Gasteiger charge is 2.14. The number of anilines is 4. The molecular formula is C24H22N8OS. The Kier molecular flexibility index (Phi) is 5.28. The molecule has 34 heavy (non-hydrogen) atoms. The number of aromatic nitrogens is 5. The molecule has 1 aliphatic heterocycles. The van der Waals surface area contributed by atoms with Crippen molar-refractivity contribution in [3.05, 3.63) is 66.4 Å². The summed E-state index contributed by atoms with van der Waals surface area (Å²) in [6.07, 6.45) is 3.35. The molecular weight excluding hydrogens is 448 g/mol. The van der Waals surface area contributed by atoms with Crippen molar-refractivity contribution in [1.29, 1.82) is 0 Å². The molecule has 9 nitrogen and oxygen atoms in total. The Bertz CT molecular complexity index is 1420. The van der Waals surface area contributed by atoms with Gasteiger partial charge in [-0.15, -0.1) is 11.3 Å². The van der Waals surface area contributed by atoms with Crippen LogP contribution in [0.15, 0.2) is 66.4 Å². The summed E-state index contributed by atoms with van der Waals surface area (Å²) in [6, 6.07) is 16.4. The summed E-state index contributed by atoms with van der Waals surface area (Å²) in [5, 5.41) is 10.3. The summed E-state index contributed by atoms with van der Waals surface area (Å²) in [7, 11) is 0. The van der Waals surface area contributed by atoms with Crippen LogP contribution in [0.4, 0.5) is 22.3 Å². The number of benzene rings is 2. The minimum Gasteiger partial charge on any atom is -0.378 e. The van der Waals surface area contributed by atoms with Gasteiger partial charge in [-0.3, -0.25) is 0 Å². The molecule has 0 spiro atoms. The fourth-order valence-corrected chi connectivity index (χ4v) is 4.62. The Morgan fingerprint density at radius 3 is 2.44 bits per heavy atom. The van der Waals surface area contributed by atoms with Crippen LogP contribution in [0.25, 0.3) is 28.2 Å². The van der Waals surface area contributed by atoms with Crippen LogP contribution in [-0.4, -0.2) is 50.9 Å². The smallest absolute Gasteiger partial charge is 0.199 e.